The summed E-state index contributed by atoms with van der Waals surface area (Å²) >= 11 is 7.34. The van der Waals surface area contributed by atoms with Crippen molar-refractivity contribution in [2.75, 3.05) is 18.7 Å². The van der Waals surface area contributed by atoms with Crippen molar-refractivity contribution in [1.82, 2.24) is 15.4 Å². The summed E-state index contributed by atoms with van der Waals surface area (Å²) < 4.78 is 0. The molecule has 124 valence electrons. The normalized spacial score (nSPS) is 10.1. The predicted octanol–water partition coefficient (Wildman–Crippen LogP) is 3.07. The van der Waals surface area contributed by atoms with E-state index in [2.05, 4.69) is 25.6 Å². The molecular weight excluding hydrogens is 350 g/mol. The first kappa shape index (κ1) is 18.0. The zero-order valence-electron chi connectivity index (χ0n) is 13.2. The number of carbonyl (C=O) groups is 1. The van der Waals surface area contributed by atoms with Crippen LogP contribution >= 0.6 is 23.4 Å². The standard InChI is InChI=1S/C15H14ClN5O2S/c1-8-4-5-9(14(22)21-23-2)6-11(8)18-13-10(7-17)12(16)19-15(20-13)24-3/h4-6H,1-3H3,(H,21,22)(H,18,19,20). The van der Waals surface area contributed by atoms with Crippen LogP contribution in [0.15, 0.2) is 23.4 Å². The third kappa shape index (κ3) is 3.94. The molecule has 0 spiro atoms. The van der Waals surface area contributed by atoms with Gasteiger partial charge in [0.05, 0.1) is 7.11 Å². The van der Waals surface area contributed by atoms with Gasteiger partial charge in [0.1, 0.15) is 11.6 Å². The number of nitriles is 1. The molecule has 0 aliphatic carbocycles. The van der Waals surface area contributed by atoms with Crippen LogP contribution in [-0.4, -0.2) is 29.2 Å². The van der Waals surface area contributed by atoms with E-state index in [0.29, 0.717) is 16.4 Å². The molecule has 0 bridgehead atoms. The Kier molecular flexibility index (Phi) is 5.98. The molecule has 1 heterocycles. The van der Waals surface area contributed by atoms with Gasteiger partial charge in [0.2, 0.25) is 0 Å². The zero-order chi connectivity index (χ0) is 17.7. The third-order valence-electron chi connectivity index (χ3n) is 3.09. The van der Waals surface area contributed by atoms with E-state index in [1.165, 1.54) is 18.9 Å². The van der Waals surface area contributed by atoms with Crippen molar-refractivity contribution in [2.45, 2.75) is 12.1 Å². The van der Waals surface area contributed by atoms with Crippen LogP contribution in [0.25, 0.3) is 0 Å². The highest BCUT2D eigenvalue weighted by Gasteiger charge is 2.15. The SMILES string of the molecule is CONC(=O)c1ccc(C)c(Nc2nc(SC)nc(Cl)c2C#N)c1. The van der Waals surface area contributed by atoms with E-state index in [1.807, 2.05) is 19.2 Å². The zero-order valence-corrected chi connectivity index (χ0v) is 14.7. The number of hydrogen-bond acceptors (Lipinski definition) is 7. The maximum atomic E-state index is 11.9. The maximum Gasteiger partial charge on any atom is 0.274 e. The number of carbonyl (C=O) groups excluding carboxylic acids is 1. The average molecular weight is 364 g/mol. The minimum absolute atomic E-state index is 0.0743. The molecule has 0 radical (unpaired) electrons. The lowest BCUT2D eigenvalue weighted by molar-refractivity contribution is 0.0537. The molecule has 7 nitrogen and oxygen atoms in total. The molecular formula is C15H14ClN5O2S. The van der Waals surface area contributed by atoms with Gasteiger partial charge in [-0.2, -0.15) is 5.26 Å². The minimum atomic E-state index is -0.383. The Balaban J connectivity index is 2.44. The topological polar surface area (TPSA) is 99.9 Å². The van der Waals surface area contributed by atoms with Crippen LogP contribution in [-0.2, 0) is 4.84 Å². The van der Waals surface area contributed by atoms with E-state index >= 15 is 0 Å². The van der Waals surface area contributed by atoms with Gasteiger partial charge in [0.25, 0.3) is 5.91 Å². The Bertz CT molecular complexity index is 822. The van der Waals surface area contributed by atoms with Gasteiger partial charge in [0.15, 0.2) is 16.1 Å². The molecule has 0 fully saturated rings. The van der Waals surface area contributed by atoms with Crippen molar-refractivity contribution in [3.8, 4) is 6.07 Å². The van der Waals surface area contributed by atoms with E-state index in [9.17, 15) is 10.1 Å². The van der Waals surface area contributed by atoms with Crippen LogP contribution in [0, 0.1) is 18.3 Å². The van der Waals surface area contributed by atoms with E-state index in [4.69, 9.17) is 11.6 Å². The molecule has 2 aromatic rings. The number of aromatic nitrogens is 2. The smallest absolute Gasteiger partial charge is 0.274 e. The second kappa shape index (κ2) is 7.97. The van der Waals surface area contributed by atoms with Gasteiger partial charge >= 0.3 is 0 Å². The molecule has 0 saturated heterocycles. The van der Waals surface area contributed by atoms with E-state index in [1.54, 1.807) is 18.2 Å². The molecule has 0 aliphatic rings. The molecule has 2 N–H and O–H groups in total. The fraction of sp³-hybridized carbons (Fsp3) is 0.200. The number of hydrogen-bond donors (Lipinski definition) is 2. The Hall–Kier alpha value is -2.34. The molecule has 2 rings (SSSR count). The Morgan fingerprint density at radius 3 is 2.79 bits per heavy atom. The van der Waals surface area contributed by atoms with Gasteiger partial charge in [0, 0.05) is 11.3 Å². The van der Waals surface area contributed by atoms with Gasteiger partial charge in [-0.25, -0.2) is 15.4 Å². The van der Waals surface area contributed by atoms with Crippen LogP contribution < -0.4 is 10.8 Å². The van der Waals surface area contributed by atoms with Crippen molar-refractivity contribution < 1.29 is 9.63 Å². The van der Waals surface area contributed by atoms with Gasteiger partial charge in [-0.1, -0.05) is 29.4 Å². The number of thioether (sulfide) groups is 1. The van der Waals surface area contributed by atoms with Gasteiger partial charge in [-0.15, -0.1) is 0 Å². The monoisotopic (exact) mass is 363 g/mol. The summed E-state index contributed by atoms with van der Waals surface area (Å²) in [5.41, 5.74) is 4.28. The van der Waals surface area contributed by atoms with Crippen LogP contribution in [0.2, 0.25) is 5.15 Å². The maximum absolute atomic E-state index is 11.9. The fourth-order valence-corrected chi connectivity index (χ4v) is 2.50. The van der Waals surface area contributed by atoms with E-state index in [0.717, 1.165) is 5.56 Å². The molecule has 1 aromatic carbocycles. The Morgan fingerprint density at radius 2 is 2.17 bits per heavy atom. The lowest BCUT2D eigenvalue weighted by Crippen LogP contribution is -2.21. The molecule has 0 atom stereocenters. The van der Waals surface area contributed by atoms with Gasteiger partial charge in [-0.3, -0.25) is 9.63 Å². The van der Waals surface area contributed by atoms with Crippen LogP contribution in [0.1, 0.15) is 21.5 Å². The Labute approximate surface area is 148 Å². The van der Waals surface area contributed by atoms with Crippen LogP contribution in [0.5, 0.6) is 0 Å². The van der Waals surface area contributed by atoms with Crippen molar-refractivity contribution >= 4 is 40.8 Å². The second-order valence-electron chi connectivity index (χ2n) is 4.63. The number of aryl methyl sites for hydroxylation is 1. The second-order valence-corrected chi connectivity index (χ2v) is 5.76. The van der Waals surface area contributed by atoms with Crippen molar-refractivity contribution in [3.63, 3.8) is 0 Å². The minimum Gasteiger partial charge on any atom is -0.339 e. The number of amides is 1. The highest BCUT2D eigenvalue weighted by atomic mass is 35.5. The number of anilines is 2. The van der Waals surface area contributed by atoms with E-state index in [-0.39, 0.29) is 22.4 Å². The molecule has 1 aromatic heterocycles. The Morgan fingerprint density at radius 1 is 1.42 bits per heavy atom. The lowest BCUT2D eigenvalue weighted by Gasteiger charge is -2.13. The molecule has 0 saturated carbocycles. The molecule has 9 heteroatoms. The number of halogens is 1. The van der Waals surface area contributed by atoms with Gasteiger partial charge in [-0.05, 0) is 30.9 Å². The average Bonchev–Trinajstić information content (AvgIpc) is 2.56. The number of nitrogens with one attached hydrogen (secondary N) is 2. The van der Waals surface area contributed by atoms with Gasteiger partial charge < -0.3 is 5.32 Å². The summed E-state index contributed by atoms with van der Waals surface area (Å²) in [6, 6.07) is 7.07. The highest BCUT2D eigenvalue weighted by molar-refractivity contribution is 7.98. The molecule has 0 aliphatic heterocycles. The van der Waals surface area contributed by atoms with Crippen molar-refractivity contribution in [2.24, 2.45) is 0 Å². The predicted molar refractivity (Wildman–Crippen MR) is 92.5 cm³/mol. The highest BCUT2D eigenvalue weighted by Crippen LogP contribution is 2.28. The fourth-order valence-electron chi connectivity index (χ4n) is 1.87. The molecule has 1 amide bonds. The molecule has 24 heavy (non-hydrogen) atoms. The van der Waals surface area contributed by atoms with Crippen LogP contribution in [0.4, 0.5) is 11.5 Å². The molecule has 0 unspecified atom stereocenters. The number of benzene rings is 1. The van der Waals surface area contributed by atoms with Crippen LogP contribution in [0.3, 0.4) is 0 Å². The number of hydroxylamine groups is 1. The quantitative estimate of drug-likeness (QED) is 0.364. The lowest BCUT2D eigenvalue weighted by atomic mass is 10.1. The largest absolute Gasteiger partial charge is 0.339 e. The van der Waals surface area contributed by atoms with Crippen molar-refractivity contribution in [3.05, 3.63) is 40.0 Å². The summed E-state index contributed by atoms with van der Waals surface area (Å²) in [6.07, 6.45) is 1.81. The first-order valence-electron chi connectivity index (χ1n) is 6.72. The summed E-state index contributed by atoms with van der Waals surface area (Å²) in [7, 11) is 1.36. The first-order valence-corrected chi connectivity index (χ1v) is 8.33. The summed E-state index contributed by atoms with van der Waals surface area (Å²) in [5.74, 6) is -0.0965. The third-order valence-corrected chi connectivity index (χ3v) is 3.91. The first-order chi connectivity index (χ1) is 11.5. The number of rotatable bonds is 5. The number of nitrogens with zero attached hydrogens (tertiary/aromatic N) is 3. The van der Waals surface area contributed by atoms with E-state index < -0.39 is 0 Å². The van der Waals surface area contributed by atoms with Crippen molar-refractivity contribution in [1.29, 1.82) is 5.26 Å². The summed E-state index contributed by atoms with van der Waals surface area (Å²) in [6.45, 7) is 1.87. The summed E-state index contributed by atoms with van der Waals surface area (Å²) in [4.78, 5) is 24.8. The summed E-state index contributed by atoms with van der Waals surface area (Å²) in [5, 5.41) is 12.8.